The number of rotatable bonds is 12. The van der Waals surface area contributed by atoms with Crippen molar-refractivity contribution in [3.63, 3.8) is 0 Å². The highest BCUT2D eigenvalue weighted by molar-refractivity contribution is 6.32. The maximum atomic E-state index is 16.1. The Morgan fingerprint density at radius 1 is 0.745 bits per heavy atom. The third kappa shape index (κ3) is 19.9. The van der Waals surface area contributed by atoms with Gasteiger partial charge in [0.15, 0.2) is 35.5 Å². The number of fused-ring (bicyclic) bond motifs is 15. The number of nitrogens with two attached hydrogens (primary N) is 2. The highest BCUT2D eigenvalue weighted by Crippen LogP contribution is 2.50. The van der Waals surface area contributed by atoms with Crippen molar-refractivity contribution < 1.29 is 118 Å². The van der Waals surface area contributed by atoms with Gasteiger partial charge in [-0.25, -0.2) is 0 Å². The number of aliphatic hydroxyl groups is 6. The molecule has 17 N–H and O–H groups in total. The number of phenolic OH excluding ortho intramolecular Hbond substituents is 3. The third-order valence-corrected chi connectivity index (χ3v) is 18.9. The van der Waals surface area contributed by atoms with Gasteiger partial charge in [0.2, 0.25) is 35.7 Å². The van der Waals surface area contributed by atoms with E-state index in [1.807, 2.05) is 13.8 Å². The van der Waals surface area contributed by atoms with Gasteiger partial charge in [0.1, 0.15) is 71.0 Å². The normalized spacial score (nSPS) is 27.7. The van der Waals surface area contributed by atoms with Crippen LogP contribution in [0.2, 0.25) is 10.0 Å². The van der Waals surface area contributed by atoms with Gasteiger partial charge in [-0.2, -0.15) is 9.59 Å². The number of aromatic hydroxyl groups is 3. The molecule has 7 aliphatic heterocycles. The first-order valence-corrected chi connectivity index (χ1v) is 34.6. The Labute approximate surface area is 620 Å². The van der Waals surface area contributed by atoms with Crippen molar-refractivity contribution in [1.29, 1.82) is 0 Å². The summed E-state index contributed by atoms with van der Waals surface area (Å²) in [5.74, 6) is -15.0. The molecule has 576 valence electrons. The van der Waals surface area contributed by atoms with Crippen LogP contribution in [0.3, 0.4) is 0 Å². The molecule has 2 saturated heterocycles. The van der Waals surface area contributed by atoms with Crippen molar-refractivity contribution in [2.24, 2.45) is 35.1 Å². The van der Waals surface area contributed by atoms with Crippen LogP contribution in [-0.4, -0.2) is 174 Å². The maximum absolute atomic E-state index is 16.1. The van der Waals surface area contributed by atoms with Crippen LogP contribution in [0.1, 0.15) is 146 Å². The van der Waals surface area contributed by atoms with Gasteiger partial charge in [-0.05, 0) is 122 Å². The molecular weight excluding hydrogens is 1430 g/mol. The molecule has 7 heterocycles. The highest BCUT2D eigenvalue weighted by atomic mass is 35.5. The predicted molar refractivity (Wildman–Crippen MR) is 379 cm³/mol. The van der Waals surface area contributed by atoms with E-state index in [1.165, 1.54) is 81.6 Å². The van der Waals surface area contributed by atoms with Gasteiger partial charge < -0.3 is 107 Å². The highest BCUT2D eigenvalue weighted by Gasteiger charge is 2.51. The van der Waals surface area contributed by atoms with Gasteiger partial charge in [-0.15, -0.1) is 0 Å². The molecule has 0 saturated carbocycles. The first kappa shape index (κ1) is 84.6. The smallest absolute Gasteiger partial charge is 0.373 e. The second-order valence-electron chi connectivity index (χ2n) is 27.9. The summed E-state index contributed by atoms with van der Waals surface area (Å²) < 4.78 is 38.6. The van der Waals surface area contributed by atoms with Gasteiger partial charge in [-0.1, -0.05) is 83.4 Å². The van der Waals surface area contributed by atoms with Gasteiger partial charge in [0, 0.05) is 67.3 Å². The number of halogens is 2. The summed E-state index contributed by atoms with van der Waals surface area (Å²) in [5.41, 5.74) is 10.3. The zero-order chi connectivity index (χ0) is 77.4. The number of hydrogen-bond acceptors (Lipinski definition) is 26. The maximum Gasteiger partial charge on any atom is 0.373 e. The molecule has 16 unspecified atom stereocenters. The van der Waals surface area contributed by atoms with Gasteiger partial charge >= 0.3 is 6.15 Å². The standard InChI is InChI=1S/C68H78Cl2N6O22.C4H10.CO2.CH4/c1-27(2)12-41(73-5)66(92)76-56-45(82)17-33(20-52(71)84)64(90)75-55-32-18-49(61(50(19-32)95-48-11-8-31(58(56)86)16-40(48)70)98-67-62(60(88)59(87)51(26-77)96-67)97-53-24-68(4,72)63(89)28(3)93-53)94-47-10-7-30(15-39(47)69)57(85)38-23-43(80)36(22-46(55)83)29-6-9-42(79)37(14-29)54-34(25-74-65(38)91)13-35(78)21-44(54)81;1-4(2)3;2-1-3;/h6-11,13-16,18-19,21,27-28,33,36,38,41,51,53,55-60,62-63,67,73,77-79,81,85-89H,12,17,20,22-26,72H2,1-5H3,(H2,71,84)(H,74,91)(H,75,90)(H,76,92);4H,1-3H3;;1H4/t28?,33?,36?,38?,41?,51?,53?,55?,56?,57-,58?,59?,60?,62?,63?,67?,68?;;;/m0.../s1. The Balaban J connectivity index is 0.00000188. The average Bonchev–Trinajstić information content (AvgIpc) is 0.772. The zero-order valence-electron chi connectivity index (χ0n) is 58.6. The number of nitrogens with one attached hydrogen (secondary N) is 4. The van der Waals surface area contributed by atoms with E-state index >= 15 is 14.4 Å². The van der Waals surface area contributed by atoms with Crippen LogP contribution in [0.4, 0.5) is 0 Å². The van der Waals surface area contributed by atoms with Crippen LogP contribution < -0.4 is 46.9 Å². The fraction of sp³-hybridized carbons (Fsp3) is 0.486. The number of carbonyl (C=O) groups excluding carboxylic acids is 9. The lowest BCUT2D eigenvalue weighted by atomic mass is 9.80. The topological polar surface area (TPSA) is 491 Å². The number of Topliss-reactive ketones (excluding diaryl/α,β-unsaturated/α-hetero) is 3. The Morgan fingerprint density at radius 3 is 1.90 bits per heavy atom. The number of likely N-dealkylation sites (N-methyl/N-ethyl adjacent to an activating group) is 1. The van der Waals surface area contributed by atoms with Crippen LogP contribution in [-0.2, 0) is 63.9 Å². The summed E-state index contributed by atoms with van der Waals surface area (Å²) in [4.78, 5) is 120. The Kier molecular flexibility index (Phi) is 28.9. The molecule has 5 aromatic carbocycles. The van der Waals surface area contributed by atoms with Gasteiger partial charge in [0.05, 0.1) is 52.8 Å². The Hall–Kier alpha value is -8.69. The molecule has 0 aliphatic carbocycles. The zero-order valence-corrected chi connectivity index (χ0v) is 60.1. The molecule has 4 amide bonds. The van der Waals surface area contributed by atoms with E-state index in [1.54, 1.807) is 0 Å². The molecule has 0 radical (unpaired) electrons. The predicted octanol–water partition coefficient (Wildman–Crippen LogP) is 5.26. The number of primary amides is 1. The summed E-state index contributed by atoms with van der Waals surface area (Å²) in [6.07, 6.45) is -19.9. The van der Waals surface area contributed by atoms with E-state index < -0.39 is 217 Å². The fourth-order valence-electron chi connectivity index (χ4n) is 13.0. The third-order valence-electron chi connectivity index (χ3n) is 18.3. The Bertz CT molecular complexity index is 4080. The molecule has 32 heteroatoms. The SMILES string of the molecule is C.CC(C)C.CNC(CC(C)C)C(=O)NC1C(=O)CC(CC(N)=O)C(=O)NC2C(=O)CC3C(=O)CC(C(=O)NCc4cc(O)cc(O)c4-c4cc3ccc4O)[C@@H](O)c3ccc(c(Cl)c3)Oc3cc2cc(c3OC2OC(CO)C(O)C(O)C2OC2CC(C)(N)C(O)C(C)O2)Oc2ccc(cc2Cl)C1O.O=C=O. The molecule has 7 aliphatic rings. The second-order valence-corrected chi connectivity index (χ2v) is 28.7. The average molecular weight is 1520 g/mol. The Morgan fingerprint density at radius 2 is 1.34 bits per heavy atom. The largest absolute Gasteiger partial charge is 0.508 e. The van der Waals surface area contributed by atoms with E-state index in [0.717, 1.165) is 24.1 Å². The fourth-order valence-corrected chi connectivity index (χ4v) is 13.5. The minimum Gasteiger partial charge on any atom is -0.508 e. The van der Waals surface area contributed by atoms with E-state index in [4.69, 9.17) is 72.7 Å². The number of carbonyl (C=O) groups is 7. The number of aliphatic hydroxyl groups excluding tert-OH is 6. The summed E-state index contributed by atoms with van der Waals surface area (Å²) in [6, 6.07) is 10.9. The monoisotopic (exact) mass is 1520 g/mol. The summed E-state index contributed by atoms with van der Waals surface area (Å²) in [5, 5.41) is 113. The lowest BCUT2D eigenvalue weighted by Crippen LogP contribution is -2.64. The van der Waals surface area contributed by atoms with Crippen LogP contribution in [0, 0.1) is 23.7 Å². The van der Waals surface area contributed by atoms with Gasteiger partial charge in [0.25, 0.3) is 0 Å². The van der Waals surface area contributed by atoms with Crippen LogP contribution in [0.25, 0.3) is 11.1 Å². The molecule has 30 nitrogen and oxygen atoms in total. The molecular formula is C74H92Cl2N6O24. The van der Waals surface area contributed by atoms with Crippen molar-refractivity contribution >= 4 is 70.3 Å². The van der Waals surface area contributed by atoms with Crippen molar-refractivity contribution in [3.8, 4) is 57.1 Å². The molecule has 17 atom stereocenters. The van der Waals surface area contributed by atoms with Crippen LogP contribution in [0.15, 0.2) is 78.9 Å². The number of benzene rings is 5. The van der Waals surface area contributed by atoms with Gasteiger partial charge in [-0.3, -0.25) is 33.6 Å². The quantitative estimate of drug-likeness (QED) is 0.0757. The van der Waals surface area contributed by atoms with E-state index in [9.17, 15) is 65.1 Å². The summed E-state index contributed by atoms with van der Waals surface area (Å²) in [6.45, 7) is 11.9. The number of ketones is 3. The first-order chi connectivity index (χ1) is 49.5. The molecule has 0 spiro atoms. The number of ether oxygens (including phenoxy) is 6. The first-order valence-electron chi connectivity index (χ1n) is 33.8. The molecule has 106 heavy (non-hydrogen) atoms. The van der Waals surface area contributed by atoms with Crippen molar-refractivity contribution in [2.75, 3.05) is 13.7 Å². The molecule has 11 bridgehead atoms. The van der Waals surface area contributed by atoms with E-state index in [0.29, 0.717) is 0 Å². The molecule has 5 aromatic rings. The number of amides is 4. The van der Waals surface area contributed by atoms with Crippen LogP contribution in [0.5, 0.6) is 46.0 Å². The number of hydrogen-bond donors (Lipinski definition) is 15. The van der Waals surface area contributed by atoms with E-state index in [2.05, 4.69) is 42.0 Å². The number of phenols is 3. The van der Waals surface area contributed by atoms with Crippen molar-refractivity contribution in [3.05, 3.63) is 117 Å². The summed E-state index contributed by atoms with van der Waals surface area (Å²) in [7, 11) is 1.51. The minimum absolute atomic E-state index is 0. The lowest BCUT2D eigenvalue weighted by Gasteiger charge is -2.47. The molecule has 12 rings (SSSR count). The second kappa shape index (κ2) is 36.3. The molecule has 0 aromatic heterocycles. The molecule has 2 fully saturated rings. The minimum atomic E-state index is -2.09. The summed E-state index contributed by atoms with van der Waals surface area (Å²) >= 11 is 14.2. The van der Waals surface area contributed by atoms with Crippen molar-refractivity contribution in [1.82, 2.24) is 21.3 Å². The lowest BCUT2D eigenvalue weighted by molar-refractivity contribution is -0.333. The van der Waals surface area contributed by atoms with Crippen LogP contribution >= 0.6 is 23.2 Å². The van der Waals surface area contributed by atoms with E-state index in [-0.39, 0.29) is 92.8 Å². The van der Waals surface area contributed by atoms with Crippen molar-refractivity contribution in [2.45, 2.75) is 192 Å².